The summed E-state index contributed by atoms with van der Waals surface area (Å²) in [7, 11) is 1.84. The number of ether oxygens (including phenoxy) is 1. The fraction of sp³-hybridized carbons (Fsp3) is 0.333. The van der Waals surface area contributed by atoms with Gasteiger partial charge in [-0.2, -0.15) is 0 Å². The van der Waals surface area contributed by atoms with Crippen LogP contribution in [-0.2, 0) is 6.42 Å². The number of hydrogen-bond donors (Lipinski definition) is 0. The summed E-state index contributed by atoms with van der Waals surface area (Å²) in [5, 5.41) is 0.600. The molecule has 0 spiro atoms. The molecule has 0 radical (unpaired) electrons. The molecule has 188 valence electrons. The molecule has 0 aromatic heterocycles. The van der Waals surface area contributed by atoms with Crippen molar-refractivity contribution in [2.45, 2.75) is 38.1 Å². The Bertz CT molecular complexity index is 1150. The van der Waals surface area contributed by atoms with Gasteiger partial charge in [0.1, 0.15) is 12.4 Å². The van der Waals surface area contributed by atoms with Gasteiger partial charge in [-0.25, -0.2) is 0 Å². The van der Waals surface area contributed by atoms with Crippen LogP contribution in [0.25, 0.3) is 0 Å². The van der Waals surface area contributed by atoms with Gasteiger partial charge in [-0.05, 0) is 61.2 Å². The molecular weight excluding hydrogens is 472 g/mol. The number of nitrogens with zero attached hydrogens (tertiary/aromatic N) is 2. The highest BCUT2D eigenvalue weighted by Crippen LogP contribution is 2.23. The molecule has 0 saturated carbocycles. The third-order valence-corrected chi connectivity index (χ3v) is 6.90. The van der Waals surface area contributed by atoms with E-state index in [1.54, 1.807) is 29.2 Å². The van der Waals surface area contributed by atoms with Crippen molar-refractivity contribution in [3.8, 4) is 5.75 Å². The van der Waals surface area contributed by atoms with E-state index in [4.69, 9.17) is 16.3 Å². The maximum Gasteiger partial charge on any atom is 0.257 e. The van der Waals surface area contributed by atoms with E-state index in [-0.39, 0.29) is 24.5 Å². The molecule has 3 aromatic carbocycles. The zero-order valence-electron chi connectivity index (χ0n) is 20.7. The Morgan fingerprint density at radius 3 is 2.31 bits per heavy atom. The molecule has 0 bridgehead atoms. The summed E-state index contributed by atoms with van der Waals surface area (Å²) in [5.41, 5.74) is 2.28. The van der Waals surface area contributed by atoms with Crippen LogP contribution in [0.3, 0.4) is 0 Å². The van der Waals surface area contributed by atoms with Gasteiger partial charge in [0.25, 0.3) is 11.8 Å². The molecule has 2 amide bonds. The molecular formula is C30H33ClN2O3. The summed E-state index contributed by atoms with van der Waals surface area (Å²) in [4.78, 5) is 30.6. The number of fused-ring (bicyclic) bond motifs is 1. The normalized spacial score (nSPS) is 17.6. The summed E-state index contributed by atoms with van der Waals surface area (Å²) in [6.07, 6.45) is 4.45. The van der Waals surface area contributed by atoms with E-state index in [2.05, 4.69) is 12.1 Å². The lowest BCUT2D eigenvalue weighted by Gasteiger charge is -2.33. The van der Waals surface area contributed by atoms with E-state index in [9.17, 15) is 9.59 Å². The molecule has 1 atom stereocenters. The van der Waals surface area contributed by atoms with Crippen LogP contribution in [0, 0.1) is 0 Å². The van der Waals surface area contributed by atoms with Crippen molar-refractivity contribution in [3.05, 3.63) is 101 Å². The van der Waals surface area contributed by atoms with Gasteiger partial charge in [0.05, 0.1) is 11.6 Å². The van der Waals surface area contributed by atoms with Crippen LogP contribution in [0.1, 0.15) is 52.0 Å². The van der Waals surface area contributed by atoms with Crippen molar-refractivity contribution in [2.24, 2.45) is 0 Å². The van der Waals surface area contributed by atoms with Crippen molar-refractivity contribution in [1.29, 1.82) is 0 Å². The molecule has 6 heteroatoms. The van der Waals surface area contributed by atoms with Gasteiger partial charge in [-0.3, -0.25) is 9.59 Å². The summed E-state index contributed by atoms with van der Waals surface area (Å²) in [5.74, 6) is 0.465. The first-order chi connectivity index (χ1) is 17.5. The maximum absolute atomic E-state index is 13.8. The molecule has 1 aliphatic rings. The van der Waals surface area contributed by atoms with Crippen LogP contribution >= 0.6 is 11.6 Å². The molecule has 0 saturated heterocycles. The van der Waals surface area contributed by atoms with Gasteiger partial charge in [0.2, 0.25) is 0 Å². The average Bonchev–Trinajstić information content (AvgIpc) is 2.90. The second-order valence-corrected chi connectivity index (χ2v) is 9.73. The molecule has 1 aliphatic heterocycles. The number of rotatable bonds is 3. The Hall–Kier alpha value is -3.31. The number of carbonyl (C=O) groups excluding carboxylic acids is 2. The van der Waals surface area contributed by atoms with E-state index < -0.39 is 0 Å². The summed E-state index contributed by atoms with van der Waals surface area (Å²) in [6.45, 7) is 1.61. The summed E-state index contributed by atoms with van der Waals surface area (Å²) < 4.78 is 6.31. The number of para-hydroxylation sites is 1. The molecule has 0 unspecified atom stereocenters. The molecule has 0 N–H and O–H groups in total. The van der Waals surface area contributed by atoms with E-state index >= 15 is 0 Å². The average molecular weight is 505 g/mol. The highest BCUT2D eigenvalue weighted by Gasteiger charge is 2.27. The van der Waals surface area contributed by atoms with Gasteiger partial charge < -0.3 is 14.5 Å². The third kappa shape index (κ3) is 6.67. The van der Waals surface area contributed by atoms with E-state index in [1.807, 2.05) is 54.4 Å². The van der Waals surface area contributed by atoms with Gasteiger partial charge >= 0.3 is 0 Å². The van der Waals surface area contributed by atoms with Crippen LogP contribution in [0.5, 0.6) is 5.75 Å². The quantitative estimate of drug-likeness (QED) is 0.432. The minimum absolute atomic E-state index is 0.0348. The second-order valence-electron chi connectivity index (χ2n) is 9.30. The molecule has 4 rings (SSSR count). The predicted molar refractivity (Wildman–Crippen MR) is 144 cm³/mol. The fourth-order valence-electron chi connectivity index (χ4n) is 4.60. The van der Waals surface area contributed by atoms with Crippen molar-refractivity contribution in [2.75, 3.05) is 26.7 Å². The Balaban J connectivity index is 1.68. The second kappa shape index (κ2) is 12.6. The van der Waals surface area contributed by atoms with Crippen molar-refractivity contribution < 1.29 is 14.3 Å². The zero-order valence-corrected chi connectivity index (χ0v) is 21.5. The van der Waals surface area contributed by atoms with Gasteiger partial charge in [0.15, 0.2) is 0 Å². The topological polar surface area (TPSA) is 49.9 Å². The lowest BCUT2D eigenvalue weighted by molar-refractivity contribution is 0.0599. The molecule has 5 nitrogen and oxygen atoms in total. The van der Waals surface area contributed by atoms with Crippen LogP contribution in [-0.4, -0.2) is 54.4 Å². The Morgan fingerprint density at radius 1 is 0.889 bits per heavy atom. The number of halogens is 1. The van der Waals surface area contributed by atoms with E-state index in [1.165, 1.54) is 0 Å². The highest BCUT2D eigenvalue weighted by molar-refractivity contribution is 6.30. The van der Waals surface area contributed by atoms with Crippen LogP contribution < -0.4 is 4.74 Å². The molecule has 0 aliphatic carbocycles. The Labute approximate surface area is 218 Å². The molecule has 36 heavy (non-hydrogen) atoms. The van der Waals surface area contributed by atoms with Crippen molar-refractivity contribution in [1.82, 2.24) is 9.80 Å². The SMILES string of the molecule is CN1CCCCCCN(C(=O)c2ccc(Cl)cc2)[C@H](Cc2ccccc2)COc2ccccc2C1=O. The molecule has 1 heterocycles. The number of amides is 2. The lowest BCUT2D eigenvalue weighted by Crippen LogP contribution is -2.45. The first kappa shape index (κ1) is 25.8. The Morgan fingerprint density at radius 2 is 1.56 bits per heavy atom. The number of benzene rings is 3. The molecule has 0 fully saturated rings. The van der Waals surface area contributed by atoms with Crippen molar-refractivity contribution >= 4 is 23.4 Å². The van der Waals surface area contributed by atoms with Gasteiger partial charge in [-0.1, -0.05) is 66.9 Å². The summed E-state index contributed by atoms with van der Waals surface area (Å²) >= 11 is 6.08. The highest BCUT2D eigenvalue weighted by atomic mass is 35.5. The first-order valence-electron chi connectivity index (χ1n) is 12.6. The standard InChI is InChI=1S/C30H33ClN2O3/c1-32-19-9-2-3-10-20-33(29(34)24-15-17-25(31)18-16-24)26(21-23-11-5-4-6-12-23)22-36-28-14-8-7-13-27(28)30(32)35/h4-8,11-18,26H,2-3,9-10,19-22H2,1H3/t26-/m1/s1. The van der Waals surface area contributed by atoms with Crippen LogP contribution in [0.15, 0.2) is 78.9 Å². The van der Waals surface area contributed by atoms with E-state index in [0.29, 0.717) is 41.4 Å². The van der Waals surface area contributed by atoms with Gasteiger partial charge in [-0.15, -0.1) is 0 Å². The minimum Gasteiger partial charge on any atom is -0.491 e. The summed E-state index contributed by atoms with van der Waals surface area (Å²) in [6, 6.07) is 24.4. The maximum atomic E-state index is 13.8. The monoisotopic (exact) mass is 504 g/mol. The largest absolute Gasteiger partial charge is 0.491 e. The number of carbonyl (C=O) groups is 2. The lowest BCUT2D eigenvalue weighted by atomic mass is 10.0. The minimum atomic E-state index is -0.209. The third-order valence-electron chi connectivity index (χ3n) is 6.64. The van der Waals surface area contributed by atoms with Crippen LogP contribution in [0.4, 0.5) is 0 Å². The van der Waals surface area contributed by atoms with E-state index in [0.717, 1.165) is 31.2 Å². The zero-order chi connectivity index (χ0) is 25.3. The smallest absolute Gasteiger partial charge is 0.257 e. The molecule has 3 aromatic rings. The first-order valence-corrected chi connectivity index (χ1v) is 13.0. The van der Waals surface area contributed by atoms with Crippen LogP contribution in [0.2, 0.25) is 5.02 Å². The fourth-order valence-corrected chi connectivity index (χ4v) is 4.73. The predicted octanol–water partition coefficient (Wildman–Crippen LogP) is 6.12. The number of hydrogen-bond acceptors (Lipinski definition) is 3. The van der Waals surface area contributed by atoms with Gasteiger partial charge in [0, 0.05) is 30.7 Å². The van der Waals surface area contributed by atoms with Crippen molar-refractivity contribution in [3.63, 3.8) is 0 Å². The Kier molecular flexibility index (Phi) is 9.01.